The molecule has 2 aromatic heterocycles. The van der Waals surface area contributed by atoms with Crippen LogP contribution in [0.5, 0.6) is 0 Å². The first kappa shape index (κ1) is 11.2. The molecule has 3 aromatic rings. The van der Waals surface area contributed by atoms with E-state index in [-0.39, 0.29) is 6.42 Å². The fourth-order valence-electron chi connectivity index (χ4n) is 2.14. The van der Waals surface area contributed by atoms with Gasteiger partial charge in [-0.2, -0.15) is 5.26 Å². The van der Waals surface area contributed by atoms with Crippen molar-refractivity contribution in [2.45, 2.75) is 6.42 Å². The maximum atomic E-state index is 8.94. The Morgan fingerprint density at radius 2 is 2.11 bits per heavy atom. The highest BCUT2D eigenvalue weighted by molar-refractivity contribution is 5.79. The van der Waals surface area contributed by atoms with Crippen molar-refractivity contribution >= 4 is 16.7 Å². The minimum atomic E-state index is 0.233. The van der Waals surface area contributed by atoms with E-state index in [9.17, 15) is 0 Å². The Labute approximate surface area is 109 Å². The van der Waals surface area contributed by atoms with Crippen LogP contribution in [-0.2, 0) is 6.42 Å². The molecule has 0 saturated carbocycles. The Hall–Kier alpha value is -2.87. The molecule has 0 amide bonds. The van der Waals surface area contributed by atoms with Crippen LogP contribution in [0.15, 0.2) is 42.7 Å². The molecule has 0 spiro atoms. The number of benzene rings is 1. The van der Waals surface area contributed by atoms with Crippen LogP contribution >= 0.6 is 0 Å². The Balaban J connectivity index is 2.35. The molecule has 92 valence electrons. The Morgan fingerprint density at radius 1 is 1.26 bits per heavy atom. The number of nitrogen functional groups attached to an aromatic ring is 1. The van der Waals surface area contributed by atoms with Gasteiger partial charge in [-0.3, -0.25) is 9.55 Å². The second-order valence-corrected chi connectivity index (χ2v) is 4.12. The zero-order valence-corrected chi connectivity index (χ0v) is 10.1. The number of nitrogens with two attached hydrogens (primary N) is 1. The Bertz CT molecular complexity index is 782. The summed E-state index contributed by atoms with van der Waals surface area (Å²) in [5.41, 5.74) is 9.12. The van der Waals surface area contributed by atoms with E-state index >= 15 is 0 Å². The summed E-state index contributed by atoms with van der Waals surface area (Å²) in [5.74, 6) is 0.682. The molecule has 0 fully saturated rings. The van der Waals surface area contributed by atoms with Crippen LogP contribution in [0.2, 0.25) is 0 Å². The first-order chi connectivity index (χ1) is 9.31. The molecule has 0 atom stereocenters. The average molecular weight is 249 g/mol. The number of fused-ring (bicyclic) bond motifs is 1. The van der Waals surface area contributed by atoms with Crippen molar-refractivity contribution in [3.63, 3.8) is 0 Å². The topological polar surface area (TPSA) is 80.5 Å². The number of rotatable bonds is 2. The first-order valence-corrected chi connectivity index (χ1v) is 5.84. The third-order valence-corrected chi connectivity index (χ3v) is 2.94. The molecular formula is C14H11N5. The van der Waals surface area contributed by atoms with E-state index in [0.717, 1.165) is 16.7 Å². The minimum absolute atomic E-state index is 0.233. The van der Waals surface area contributed by atoms with Crippen LogP contribution in [0.25, 0.3) is 16.7 Å². The molecule has 0 aliphatic carbocycles. The molecule has 2 N–H and O–H groups in total. The van der Waals surface area contributed by atoms with Crippen LogP contribution in [0.4, 0.5) is 5.69 Å². The van der Waals surface area contributed by atoms with Crippen LogP contribution < -0.4 is 5.73 Å². The van der Waals surface area contributed by atoms with Crippen molar-refractivity contribution in [3.8, 4) is 11.8 Å². The van der Waals surface area contributed by atoms with Crippen LogP contribution in [0, 0.1) is 11.3 Å². The van der Waals surface area contributed by atoms with Gasteiger partial charge in [-0.25, -0.2) is 4.98 Å². The lowest BCUT2D eigenvalue weighted by Gasteiger charge is -2.09. The first-order valence-electron chi connectivity index (χ1n) is 5.84. The van der Waals surface area contributed by atoms with Gasteiger partial charge in [-0.1, -0.05) is 12.1 Å². The SMILES string of the molecule is N#CCc1nc2ccccc2n1-c1ccncc1N. The molecule has 0 bridgehead atoms. The quantitative estimate of drug-likeness (QED) is 0.753. The van der Waals surface area contributed by atoms with E-state index in [1.807, 2.05) is 34.9 Å². The third-order valence-electron chi connectivity index (χ3n) is 2.94. The van der Waals surface area contributed by atoms with E-state index < -0.39 is 0 Å². The molecule has 5 nitrogen and oxygen atoms in total. The summed E-state index contributed by atoms with van der Waals surface area (Å²) in [5, 5.41) is 8.94. The summed E-state index contributed by atoms with van der Waals surface area (Å²) < 4.78 is 1.91. The smallest absolute Gasteiger partial charge is 0.128 e. The van der Waals surface area contributed by atoms with E-state index in [1.54, 1.807) is 12.4 Å². The average Bonchev–Trinajstić information content (AvgIpc) is 2.78. The van der Waals surface area contributed by atoms with Gasteiger partial charge in [0.25, 0.3) is 0 Å². The van der Waals surface area contributed by atoms with Crippen molar-refractivity contribution in [1.29, 1.82) is 5.26 Å². The molecule has 3 rings (SSSR count). The molecule has 0 aliphatic rings. The van der Waals surface area contributed by atoms with Crippen molar-refractivity contribution in [2.75, 3.05) is 5.73 Å². The zero-order chi connectivity index (χ0) is 13.2. The monoisotopic (exact) mass is 249 g/mol. The van der Waals surface area contributed by atoms with Crippen molar-refractivity contribution in [1.82, 2.24) is 14.5 Å². The zero-order valence-electron chi connectivity index (χ0n) is 10.1. The van der Waals surface area contributed by atoms with Gasteiger partial charge in [0.15, 0.2) is 0 Å². The summed E-state index contributed by atoms with van der Waals surface area (Å²) >= 11 is 0. The molecule has 5 heteroatoms. The van der Waals surface area contributed by atoms with Gasteiger partial charge in [0.2, 0.25) is 0 Å². The standard InChI is InChI=1S/C14H11N5/c15-7-5-14-18-11-3-1-2-4-13(11)19(14)12-6-8-17-9-10(12)16/h1-4,6,8-9H,5,16H2. The number of pyridine rings is 1. The fourth-order valence-corrected chi connectivity index (χ4v) is 2.14. The summed E-state index contributed by atoms with van der Waals surface area (Å²) in [6, 6.07) is 11.7. The molecule has 0 radical (unpaired) electrons. The van der Waals surface area contributed by atoms with E-state index in [1.165, 1.54) is 0 Å². The lowest BCUT2D eigenvalue weighted by atomic mass is 10.3. The number of nitrogens with zero attached hydrogens (tertiary/aromatic N) is 4. The predicted octanol–water partition coefficient (Wildman–Crippen LogP) is 2.07. The van der Waals surface area contributed by atoms with Gasteiger partial charge in [0.1, 0.15) is 5.82 Å². The second-order valence-electron chi connectivity index (χ2n) is 4.12. The number of para-hydroxylation sites is 2. The number of anilines is 1. The highest BCUT2D eigenvalue weighted by atomic mass is 15.1. The number of imidazole rings is 1. The molecule has 19 heavy (non-hydrogen) atoms. The van der Waals surface area contributed by atoms with Crippen LogP contribution in [0.1, 0.15) is 5.82 Å². The molecular weight excluding hydrogens is 238 g/mol. The van der Waals surface area contributed by atoms with Crippen LogP contribution in [-0.4, -0.2) is 14.5 Å². The molecule has 0 saturated heterocycles. The summed E-state index contributed by atoms with van der Waals surface area (Å²) in [6.07, 6.45) is 3.51. The normalized spacial score (nSPS) is 10.5. The summed E-state index contributed by atoms with van der Waals surface area (Å²) in [7, 11) is 0. The van der Waals surface area contributed by atoms with Gasteiger partial charge in [-0.15, -0.1) is 0 Å². The lowest BCUT2D eigenvalue weighted by Crippen LogP contribution is -2.04. The van der Waals surface area contributed by atoms with Crippen molar-refractivity contribution in [3.05, 3.63) is 48.5 Å². The van der Waals surface area contributed by atoms with Gasteiger partial charge >= 0.3 is 0 Å². The molecule has 0 unspecified atom stereocenters. The largest absolute Gasteiger partial charge is 0.396 e. The van der Waals surface area contributed by atoms with E-state index in [4.69, 9.17) is 11.0 Å². The van der Waals surface area contributed by atoms with Gasteiger partial charge < -0.3 is 5.73 Å². The van der Waals surface area contributed by atoms with E-state index in [2.05, 4.69) is 16.0 Å². The maximum Gasteiger partial charge on any atom is 0.128 e. The van der Waals surface area contributed by atoms with Crippen molar-refractivity contribution < 1.29 is 0 Å². The lowest BCUT2D eigenvalue weighted by molar-refractivity contribution is 0.953. The minimum Gasteiger partial charge on any atom is -0.396 e. The Kier molecular flexibility index (Phi) is 2.62. The molecule has 2 heterocycles. The predicted molar refractivity (Wildman–Crippen MR) is 72.6 cm³/mol. The van der Waals surface area contributed by atoms with Gasteiger partial charge in [-0.05, 0) is 18.2 Å². The molecule has 0 aliphatic heterocycles. The highest BCUT2D eigenvalue weighted by Gasteiger charge is 2.13. The highest BCUT2D eigenvalue weighted by Crippen LogP contribution is 2.24. The molecule has 1 aromatic carbocycles. The summed E-state index contributed by atoms with van der Waals surface area (Å²) in [4.78, 5) is 8.47. The third kappa shape index (κ3) is 1.79. The number of hydrogen-bond donors (Lipinski definition) is 1. The number of nitriles is 1. The summed E-state index contributed by atoms with van der Waals surface area (Å²) in [6.45, 7) is 0. The van der Waals surface area contributed by atoms with Crippen molar-refractivity contribution in [2.24, 2.45) is 0 Å². The van der Waals surface area contributed by atoms with Gasteiger partial charge in [0.05, 0.1) is 41.1 Å². The van der Waals surface area contributed by atoms with Crippen LogP contribution in [0.3, 0.4) is 0 Å². The van der Waals surface area contributed by atoms with Gasteiger partial charge in [0, 0.05) is 6.20 Å². The fraction of sp³-hybridized carbons (Fsp3) is 0.0714. The number of aromatic nitrogens is 3. The van der Waals surface area contributed by atoms with E-state index in [0.29, 0.717) is 11.5 Å². The Morgan fingerprint density at radius 3 is 2.89 bits per heavy atom. The second kappa shape index (κ2) is 4.42. The maximum absolute atomic E-state index is 8.94. The number of hydrogen-bond acceptors (Lipinski definition) is 4.